The van der Waals surface area contributed by atoms with Crippen LogP contribution in [-0.4, -0.2) is 38.2 Å². The number of nitrogens with zero attached hydrogens (tertiary/aromatic N) is 1. The molecule has 2 rings (SSSR count). The highest BCUT2D eigenvalue weighted by atomic mass is 16.5. The molecule has 0 saturated carbocycles. The molecule has 0 aliphatic carbocycles. The van der Waals surface area contributed by atoms with Crippen LogP contribution in [0.4, 0.5) is 4.79 Å². The van der Waals surface area contributed by atoms with Crippen molar-refractivity contribution >= 4 is 6.03 Å². The monoisotopic (exact) mass is 236 g/mol. The van der Waals surface area contributed by atoms with E-state index in [1.807, 2.05) is 18.2 Å². The average Bonchev–Trinajstić information content (AvgIpc) is 2.75. The third kappa shape index (κ3) is 2.43. The molecule has 17 heavy (non-hydrogen) atoms. The maximum atomic E-state index is 11.5. The first-order valence-corrected chi connectivity index (χ1v) is 5.48. The maximum Gasteiger partial charge on any atom is 0.317 e. The molecule has 5 heteroatoms. The van der Waals surface area contributed by atoms with Crippen molar-refractivity contribution in [3.63, 3.8) is 0 Å². The number of nitrogens with one attached hydrogen (secondary N) is 1. The van der Waals surface area contributed by atoms with Crippen LogP contribution in [0.25, 0.3) is 0 Å². The molecule has 0 spiro atoms. The molecule has 1 aromatic carbocycles. The van der Waals surface area contributed by atoms with E-state index in [4.69, 9.17) is 9.47 Å². The Bertz CT molecular complexity index is 420. The molecular formula is C12H16N2O3. The summed E-state index contributed by atoms with van der Waals surface area (Å²) in [6.07, 6.45) is 0. The molecule has 1 fully saturated rings. The topological polar surface area (TPSA) is 50.8 Å². The van der Waals surface area contributed by atoms with Crippen LogP contribution in [0.3, 0.4) is 0 Å². The SMILES string of the molecule is COc1ccc(CN2CCNC2=O)c(OC)c1. The van der Waals surface area contributed by atoms with E-state index in [2.05, 4.69) is 5.32 Å². The van der Waals surface area contributed by atoms with Gasteiger partial charge in [-0.15, -0.1) is 0 Å². The van der Waals surface area contributed by atoms with Crippen LogP contribution in [0.5, 0.6) is 11.5 Å². The predicted octanol–water partition coefficient (Wildman–Crippen LogP) is 1.23. The van der Waals surface area contributed by atoms with Gasteiger partial charge in [0, 0.05) is 24.7 Å². The van der Waals surface area contributed by atoms with Crippen molar-refractivity contribution in [1.29, 1.82) is 0 Å². The van der Waals surface area contributed by atoms with E-state index in [-0.39, 0.29) is 6.03 Å². The summed E-state index contributed by atoms with van der Waals surface area (Å²) in [4.78, 5) is 13.2. The van der Waals surface area contributed by atoms with Gasteiger partial charge in [-0.05, 0) is 12.1 Å². The van der Waals surface area contributed by atoms with Gasteiger partial charge in [0.05, 0.1) is 20.8 Å². The van der Waals surface area contributed by atoms with Gasteiger partial charge in [0.15, 0.2) is 0 Å². The van der Waals surface area contributed by atoms with Crippen molar-refractivity contribution in [2.24, 2.45) is 0 Å². The minimum Gasteiger partial charge on any atom is -0.497 e. The number of urea groups is 1. The van der Waals surface area contributed by atoms with E-state index < -0.39 is 0 Å². The highest BCUT2D eigenvalue weighted by Gasteiger charge is 2.20. The fourth-order valence-electron chi connectivity index (χ4n) is 1.85. The Balaban J connectivity index is 2.17. The van der Waals surface area contributed by atoms with Crippen LogP contribution in [0.2, 0.25) is 0 Å². The number of ether oxygens (including phenoxy) is 2. The lowest BCUT2D eigenvalue weighted by Gasteiger charge is -2.16. The Labute approximate surface area is 100 Å². The summed E-state index contributed by atoms with van der Waals surface area (Å²) in [6.45, 7) is 1.99. The van der Waals surface area contributed by atoms with Gasteiger partial charge >= 0.3 is 6.03 Å². The predicted molar refractivity (Wildman–Crippen MR) is 63.4 cm³/mol. The van der Waals surface area contributed by atoms with E-state index in [1.54, 1.807) is 19.1 Å². The molecule has 0 aromatic heterocycles. The Kier molecular flexibility index (Phi) is 3.37. The highest BCUT2D eigenvalue weighted by Crippen LogP contribution is 2.25. The summed E-state index contributed by atoms with van der Waals surface area (Å²) < 4.78 is 10.4. The van der Waals surface area contributed by atoms with Crippen LogP contribution >= 0.6 is 0 Å². The molecule has 5 nitrogen and oxygen atoms in total. The van der Waals surface area contributed by atoms with Crippen LogP contribution < -0.4 is 14.8 Å². The summed E-state index contributed by atoms with van der Waals surface area (Å²) in [7, 11) is 3.23. The lowest BCUT2D eigenvalue weighted by molar-refractivity contribution is 0.215. The summed E-state index contributed by atoms with van der Waals surface area (Å²) in [5, 5.41) is 2.77. The summed E-state index contributed by atoms with van der Waals surface area (Å²) in [6, 6.07) is 5.58. The molecule has 1 N–H and O–H groups in total. The highest BCUT2D eigenvalue weighted by molar-refractivity contribution is 5.76. The normalized spacial score (nSPS) is 14.7. The van der Waals surface area contributed by atoms with Crippen molar-refractivity contribution in [2.45, 2.75) is 6.54 Å². The molecular weight excluding hydrogens is 220 g/mol. The fraction of sp³-hybridized carbons (Fsp3) is 0.417. The van der Waals surface area contributed by atoms with Crippen LogP contribution in [0, 0.1) is 0 Å². The largest absolute Gasteiger partial charge is 0.497 e. The standard InChI is InChI=1S/C12H16N2O3/c1-16-10-4-3-9(11(7-10)17-2)8-14-6-5-13-12(14)15/h3-4,7H,5-6,8H2,1-2H3,(H,13,15). The summed E-state index contributed by atoms with van der Waals surface area (Å²) in [5.41, 5.74) is 0.977. The third-order valence-corrected chi connectivity index (χ3v) is 2.80. The van der Waals surface area contributed by atoms with Gasteiger partial charge in [-0.3, -0.25) is 0 Å². The van der Waals surface area contributed by atoms with Crippen LogP contribution in [0.1, 0.15) is 5.56 Å². The van der Waals surface area contributed by atoms with Gasteiger partial charge in [-0.25, -0.2) is 4.79 Å². The third-order valence-electron chi connectivity index (χ3n) is 2.80. The minimum absolute atomic E-state index is 0.0251. The number of hydrogen-bond donors (Lipinski definition) is 1. The molecule has 0 atom stereocenters. The zero-order chi connectivity index (χ0) is 12.3. The first-order valence-electron chi connectivity index (χ1n) is 5.48. The first-order chi connectivity index (χ1) is 8.24. The Hall–Kier alpha value is -1.91. The number of rotatable bonds is 4. The molecule has 0 bridgehead atoms. The van der Waals surface area contributed by atoms with Crippen molar-refractivity contribution < 1.29 is 14.3 Å². The molecule has 2 amide bonds. The lowest BCUT2D eigenvalue weighted by atomic mass is 10.2. The fourth-order valence-corrected chi connectivity index (χ4v) is 1.85. The molecule has 1 aromatic rings. The second-order valence-electron chi connectivity index (χ2n) is 3.83. The molecule has 1 saturated heterocycles. The summed E-state index contributed by atoms with van der Waals surface area (Å²) >= 11 is 0. The zero-order valence-corrected chi connectivity index (χ0v) is 10.0. The molecule has 1 heterocycles. The number of amides is 2. The van der Waals surface area contributed by atoms with E-state index in [0.29, 0.717) is 13.1 Å². The molecule has 92 valence electrons. The van der Waals surface area contributed by atoms with Crippen molar-refractivity contribution in [3.8, 4) is 11.5 Å². The summed E-state index contributed by atoms with van der Waals surface area (Å²) in [5.74, 6) is 1.49. The molecule has 1 aliphatic heterocycles. The van der Waals surface area contributed by atoms with E-state index >= 15 is 0 Å². The second-order valence-corrected chi connectivity index (χ2v) is 3.83. The van der Waals surface area contributed by atoms with Gasteiger partial charge < -0.3 is 19.7 Å². The molecule has 0 unspecified atom stereocenters. The Morgan fingerprint density at radius 1 is 1.35 bits per heavy atom. The van der Waals surface area contributed by atoms with E-state index in [1.165, 1.54) is 0 Å². The number of benzene rings is 1. The van der Waals surface area contributed by atoms with Crippen molar-refractivity contribution in [2.75, 3.05) is 27.3 Å². The smallest absolute Gasteiger partial charge is 0.317 e. The Morgan fingerprint density at radius 2 is 2.18 bits per heavy atom. The van der Waals surface area contributed by atoms with Crippen LogP contribution in [0.15, 0.2) is 18.2 Å². The average molecular weight is 236 g/mol. The maximum absolute atomic E-state index is 11.5. The van der Waals surface area contributed by atoms with Crippen molar-refractivity contribution in [1.82, 2.24) is 10.2 Å². The quantitative estimate of drug-likeness (QED) is 0.855. The Morgan fingerprint density at radius 3 is 2.76 bits per heavy atom. The van der Waals surface area contributed by atoms with Gasteiger partial charge in [-0.1, -0.05) is 0 Å². The second kappa shape index (κ2) is 4.95. The van der Waals surface area contributed by atoms with Crippen molar-refractivity contribution in [3.05, 3.63) is 23.8 Å². The lowest BCUT2D eigenvalue weighted by Crippen LogP contribution is -2.27. The number of carbonyl (C=O) groups excluding carboxylic acids is 1. The number of carbonyl (C=O) groups is 1. The van der Waals surface area contributed by atoms with Gasteiger partial charge in [0.1, 0.15) is 11.5 Å². The van der Waals surface area contributed by atoms with Gasteiger partial charge in [0.2, 0.25) is 0 Å². The number of methoxy groups -OCH3 is 2. The first kappa shape index (κ1) is 11.6. The molecule has 0 radical (unpaired) electrons. The number of hydrogen-bond acceptors (Lipinski definition) is 3. The van der Waals surface area contributed by atoms with Gasteiger partial charge in [-0.2, -0.15) is 0 Å². The minimum atomic E-state index is -0.0251. The molecule has 1 aliphatic rings. The van der Waals surface area contributed by atoms with E-state index in [0.717, 1.165) is 23.6 Å². The van der Waals surface area contributed by atoms with Gasteiger partial charge in [0.25, 0.3) is 0 Å². The zero-order valence-electron chi connectivity index (χ0n) is 10.0. The van der Waals surface area contributed by atoms with E-state index in [9.17, 15) is 4.79 Å². The van der Waals surface area contributed by atoms with Crippen LogP contribution in [-0.2, 0) is 6.54 Å².